The fraction of sp³-hybridized carbons (Fsp3) is 0.600. The van der Waals surface area contributed by atoms with Crippen molar-refractivity contribution in [3.8, 4) is 11.5 Å². The van der Waals surface area contributed by atoms with E-state index in [2.05, 4.69) is 37.5 Å². The Balaban J connectivity index is 1.28. The van der Waals surface area contributed by atoms with Gasteiger partial charge in [-0.2, -0.15) is 0 Å². The predicted molar refractivity (Wildman–Crippen MR) is 101 cm³/mol. The van der Waals surface area contributed by atoms with Gasteiger partial charge in [-0.3, -0.25) is 9.69 Å². The number of carbonyl (C=O) groups is 1. The van der Waals surface area contributed by atoms with E-state index in [-0.39, 0.29) is 12.7 Å². The molecule has 5 aliphatic rings. The molecule has 1 aromatic heterocycles. The van der Waals surface area contributed by atoms with Crippen LogP contribution in [-0.2, 0) is 11.3 Å². The molecule has 6 heterocycles. The van der Waals surface area contributed by atoms with Gasteiger partial charge >= 0.3 is 0 Å². The molecular formula is C20H24N6O3. The number of fused-ring (bicyclic) bond motifs is 3. The molecule has 4 fully saturated rings. The third-order valence-corrected chi connectivity index (χ3v) is 7.09. The minimum absolute atomic E-state index is 0.201. The number of carbonyl (C=O) groups excluding carboxylic acids is 1. The lowest BCUT2D eigenvalue weighted by Crippen LogP contribution is -2.60. The lowest BCUT2D eigenvalue weighted by atomic mass is 9.75. The van der Waals surface area contributed by atoms with Crippen LogP contribution in [0.15, 0.2) is 24.5 Å². The first kappa shape index (κ1) is 17.2. The summed E-state index contributed by atoms with van der Waals surface area (Å²) in [6.07, 6.45) is 4.36. The molecule has 9 heteroatoms. The van der Waals surface area contributed by atoms with Crippen LogP contribution in [0, 0.1) is 5.92 Å². The summed E-state index contributed by atoms with van der Waals surface area (Å²) >= 11 is 0. The molecule has 4 saturated heterocycles. The van der Waals surface area contributed by atoms with Gasteiger partial charge in [-0.1, -0.05) is 6.07 Å². The van der Waals surface area contributed by atoms with E-state index in [0.29, 0.717) is 36.9 Å². The van der Waals surface area contributed by atoms with Crippen LogP contribution in [-0.4, -0.2) is 74.4 Å². The average Bonchev–Trinajstić information content (AvgIpc) is 3.52. The van der Waals surface area contributed by atoms with Gasteiger partial charge in [-0.25, -0.2) is 4.68 Å². The number of ether oxygens (including phenoxy) is 2. The summed E-state index contributed by atoms with van der Waals surface area (Å²) in [6.45, 7) is 3.84. The van der Waals surface area contributed by atoms with E-state index in [9.17, 15) is 4.79 Å². The van der Waals surface area contributed by atoms with Gasteiger partial charge in [0.15, 0.2) is 11.5 Å². The Morgan fingerprint density at radius 2 is 2.00 bits per heavy atom. The van der Waals surface area contributed by atoms with Crippen LogP contribution in [0.3, 0.4) is 0 Å². The molecule has 1 amide bonds. The number of piperidine rings is 3. The molecule has 5 aliphatic heterocycles. The quantitative estimate of drug-likeness (QED) is 0.758. The van der Waals surface area contributed by atoms with Crippen LogP contribution in [0.4, 0.5) is 0 Å². The first-order valence-electron chi connectivity index (χ1n) is 10.4. The van der Waals surface area contributed by atoms with Crippen molar-refractivity contribution in [2.45, 2.75) is 43.8 Å². The number of rotatable bonds is 4. The van der Waals surface area contributed by atoms with Crippen LogP contribution < -0.4 is 9.47 Å². The third-order valence-electron chi connectivity index (χ3n) is 7.09. The van der Waals surface area contributed by atoms with Crippen molar-refractivity contribution in [1.82, 2.24) is 30.0 Å². The van der Waals surface area contributed by atoms with Gasteiger partial charge < -0.3 is 14.4 Å². The van der Waals surface area contributed by atoms with Crippen molar-refractivity contribution in [2.75, 3.05) is 26.4 Å². The predicted octanol–water partition coefficient (Wildman–Crippen LogP) is 0.881. The van der Waals surface area contributed by atoms with Crippen molar-refractivity contribution in [3.63, 3.8) is 0 Å². The number of benzene rings is 1. The van der Waals surface area contributed by atoms with E-state index in [0.717, 1.165) is 31.1 Å². The maximum absolute atomic E-state index is 13.2. The van der Waals surface area contributed by atoms with Crippen molar-refractivity contribution >= 4 is 5.91 Å². The van der Waals surface area contributed by atoms with E-state index in [1.807, 2.05) is 6.07 Å². The first-order chi connectivity index (χ1) is 14.3. The molecule has 1 aromatic carbocycles. The zero-order chi connectivity index (χ0) is 19.4. The summed E-state index contributed by atoms with van der Waals surface area (Å²) in [4.78, 5) is 18.0. The van der Waals surface area contributed by atoms with Crippen LogP contribution in [0.2, 0.25) is 0 Å². The number of hydrogen-bond donors (Lipinski definition) is 0. The van der Waals surface area contributed by atoms with E-state index in [1.165, 1.54) is 18.4 Å². The van der Waals surface area contributed by atoms with Gasteiger partial charge in [-0.05, 0) is 60.0 Å². The number of nitrogens with zero attached hydrogens (tertiary/aromatic N) is 6. The molecule has 0 spiro atoms. The number of amides is 1. The second-order valence-corrected chi connectivity index (χ2v) is 8.44. The molecule has 0 radical (unpaired) electrons. The van der Waals surface area contributed by atoms with Crippen LogP contribution in [0.25, 0.3) is 0 Å². The van der Waals surface area contributed by atoms with E-state index in [4.69, 9.17) is 9.47 Å². The molecule has 2 aromatic rings. The average molecular weight is 396 g/mol. The molecule has 0 aliphatic carbocycles. The number of aryl methyl sites for hydroxylation is 1. The highest BCUT2D eigenvalue weighted by molar-refractivity contribution is 5.77. The highest BCUT2D eigenvalue weighted by Crippen LogP contribution is 2.48. The summed E-state index contributed by atoms with van der Waals surface area (Å²) < 4.78 is 12.7. The van der Waals surface area contributed by atoms with E-state index < -0.39 is 0 Å². The lowest BCUT2D eigenvalue weighted by Gasteiger charge is -2.51. The Morgan fingerprint density at radius 1 is 1.14 bits per heavy atom. The molecule has 0 unspecified atom stereocenters. The Labute approximate surface area is 168 Å². The molecule has 29 heavy (non-hydrogen) atoms. The summed E-state index contributed by atoms with van der Waals surface area (Å²) in [7, 11) is 0. The molecule has 2 bridgehead atoms. The monoisotopic (exact) mass is 396 g/mol. The first-order valence-corrected chi connectivity index (χ1v) is 10.4. The van der Waals surface area contributed by atoms with Crippen LogP contribution >= 0.6 is 0 Å². The van der Waals surface area contributed by atoms with Crippen LogP contribution in [0.5, 0.6) is 11.5 Å². The second kappa shape index (κ2) is 6.69. The van der Waals surface area contributed by atoms with Gasteiger partial charge in [-0.15, -0.1) is 5.10 Å². The highest BCUT2D eigenvalue weighted by atomic mass is 16.7. The van der Waals surface area contributed by atoms with E-state index in [1.54, 1.807) is 11.0 Å². The minimum Gasteiger partial charge on any atom is -0.454 e. The van der Waals surface area contributed by atoms with Gasteiger partial charge in [0, 0.05) is 24.9 Å². The fourth-order valence-electron chi connectivity index (χ4n) is 5.78. The standard InChI is InChI=1S/C20H24N6O3/c27-18(5-8-25-11-21-22-23-25)26-10-15(14-1-2-16-17(9-14)29-12-28-16)20-19(26)13-3-6-24(20)7-4-13/h1-2,9,11,13,15,19-20H,3-8,10,12H2/t15-,19+,20+/m1/s1. The summed E-state index contributed by atoms with van der Waals surface area (Å²) in [5.74, 6) is 2.73. The zero-order valence-electron chi connectivity index (χ0n) is 16.2. The SMILES string of the molecule is O=C(CCn1cnnn1)N1C[C@H](c2ccc3c(c2)OCO3)[C@H]2[C@@H]1C1CCN2CC1. The fourth-order valence-corrected chi connectivity index (χ4v) is 5.78. The summed E-state index contributed by atoms with van der Waals surface area (Å²) in [5, 5.41) is 11.2. The Kier molecular flexibility index (Phi) is 3.97. The van der Waals surface area contributed by atoms with Gasteiger partial charge in [0.25, 0.3) is 0 Å². The maximum atomic E-state index is 13.2. The number of aromatic nitrogens is 4. The van der Waals surface area contributed by atoms with Crippen molar-refractivity contribution in [1.29, 1.82) is 0 Å². The molecular weight excluding hydrogens is 372 g/mol. The normalized spacial score (nSPS) is 31.9. The second-order valence-electron chi connectivity index (χ2n) is 8.44. The molecule has 0 saturated carbocycles. The molecule has 9 nitrogen and oxygen atoms in total. The smallest absolute Gasteiger partial charge is 0.231 e. The Bertz CT molecular complexity index is 911. The largest absolute Gasteiger partial charge is 0.454 e. The number of hydrogen-bond acceptors (Lipinski definition) is 7. The molecule has 152 valence electrons. The van der Waals surface area contributed by atoms with Crippen molar-refractivity contribution in [3.05, 3.63) is 30.1 Å². The van der Waals surface area contributed by atoms with Gasteiger partial charge in [0.1, 0.15) is 6.33 Å². The van der Waals surface area contributed by atoms with Crippen LogP contribution in [0.1, 0.15) is 30.7 Å². The zero-order valence-corrected chi connectivity index (χ0v) is 16.2. The molecule has 0 N–H and O–H groups in total. The lowest BCUT2D eigenvalue weighted by molar-refractivity contribution is -0.136. The summed E-state index contributed by atoms with van der Waals surface area (Å²) in [6, 6.07) is 6.95. The number of tetrazole rings is 1. The maximum Gasteiger partial charge on any atom is 0.231 e. The van der Waals surface area contributed by atoms with E-state index >= 15 is 0 Å². The Morgan fingerprint density at radius 3 is 2.83 bits per heavy atom. The Hall–Kier alpha value is -2.68. The molecule has 7 rings (SSSR count). The van der Waals surface area contributed by atoms with Gasteiger partial charge in [0.05, 0.1) is 12.6 Å². The molecule has 3 atom stereocenters. The van der Waals surface area contributed by atoms with Crippen molar-refractivity contribution < 1.29 is 14.3 Å². The van der Waals surface area contributed by atoms with Crippen molar-refractivity contribution in [2.24, 2.45) is 5.92 Å². The van der Waals surface area contributed by atoms with Gasteiger partial charge in [0.2, 0.25) is 12.7 Å². The highest BCUT2D eigenvalue weighted by Gasteiger charge is 2.54. The third kappa shape index (κ3) is 2.78. The minimum atomic E-state index is 0.201. The topological polar surface area (TPSA) is 85.6 Å². The number of likely N-dealkylation sites (tertiary alicyclic amines) is 1. The summed E-state index contributed by atoms with van der Waals surface area (Å²) in [5.41, 5.74) is 1.24.